The number of hydrogen-bond acceptors (Lipinski definition) is 3. The molecular weight excluding hydrogens is 266 g/mol. The van der Waals surface area contributed by atoms with Crippen molar-refractivity contribution in [2.75, 3.05) is 6.54 Å². The molecule has 4 N–H and O–H groups in total. The van der Waals surface area contributed by atoms with Gasteiger partial charge in [0.25, 0.3) is 5.91 Å². The van der Waals surface area contributed by atoms with E-state index < -0.39 is 0 Å². The summed E-state index contributed by atoms with van der Waals surface area (Å²) >= 11 is 0. The van der Waals surface area contributed by atoms with Crippen LogP contribution >= 0.6 is 0 Å². The largest absolute Gasteiger partial charge is 0.352 e. The van der Waals surface area contributed by atoms with Crippen molar-refractivity contribution in [2.24, 2.45) is 5.73 Å². The van der Waals surface area contributed by atoms with Crippen molar-refractivity contribution >= 4 is 11.8 Å². The second-order valence-electron chi connectivity index (χ2n) is 5.15. The smallest absolute Gasteiger partial charge is 0.251 e. The van der Waals surface area contributed by atoms with Gasteiger partial charge in [0.15, 0.2) is 0 Å². The molecule has 0 saturated carbocycles. The van der Waals surface area contributed by atoms with E-state index in [2.05, 4.69) is 10.6 Å². The number of nitrogens with one attached hydrogen (secondary N) is 2. The molecule has 1 atom stereocenters. The van der Waals surface area contributed by atoms with Crippen molar-refractivity contribution in [3.05, 3.63) is 35.4 Å². The molecule has 5 nitrogen and oxygen atoms in total. The summed E-state index contributed by atoms with van der Waals surface area (Å²) in [5.41, 5.74) is 6.89. The molecule has 116 valence electrons. The van der Waals surface area contributed by atoms with Crippen LogP contribution in [0.4, 0.5) is 0 Å². The van der Waals surface area contributed by atoms with Gasteiger partial charge in [0, 0.05) is 24.6 Å². The standard InChI is InChI=1S/C16H25N3O2/c1-3-12(2)19-16(21)14-7-4-6-13(10-14)11-18-15(20)8-5-9-17/h4,6-7,10,12H,3,5,8-9,11,17H2,1-2H3,(H,18,20)(H,19,21). The van der Waals surface area contributed by atoms with E-state index in [1.54, 1.807) is 12.1 Å². The van der Waals surface area contributed by atoms with Crippen LogP contribution in [0.3, 0.4) is 0 Å². The van der Waals surface area contributed by atoms with E-state index in [0.717, 1.165) is 12.0 Å². The molecule has 0 saturated heterocycles. The number of hydrogen-bond donors (Lipinski definition) is 3. The fourth-order valence-electron chi connectivity index (χ4n) is 1.78. The third kappa shape index (κ3) is 6.40. The van der Waals surface area contributed by atoms with Crippen LogP contribution in [0.5, 0.6) is 0 Å². The zero-order valence-corrected chi connectivity index (χ0v) is 12.8. The van der Waals surface area contributed by atoms with Crippen LogP contribution in [-0.4, -0.2) is 24.4 Å². The molecule has 0 radical (unpaired) electrons. The average Bonchev–Trinajstić information content (AvgIpc) is 2.50. The molecule has 0 fully saturated rings. The Balaban J connectivity index is 2.56. The van der Waals surface area contributed by atoms with Crippen molar-refractivity contribution in [3.63, 3.8) is 0 Å². The van der Waals surface area contributed by atoms with Gasteiger partial charge in [-0.15, -0.1) is 0 Å². The second-order valence-corrected chi connectivity index (χ2v) is 5.15. The summed E-state index contributed by atoms with van der Waals surface area (Å²) in [6.45, 7) is 4.93. The van der Waals surface area contributed by atoms with E-state index in [9.17, 15) is 9.59 Å². The summed E-state index contributed by atoms with van der Waals surface area (Å²) in [6, 6.07) is 7.45. The molecule has 0 aliphatic rings. The minimum absolute atomic E-state index is 0.0186. The Kier molecular flexibility index (Phi) is 7.46. The van der Waals surface area contributed by atoms with Gasteiger partial charge >= 0.3 is 0 Å². The summed E-state index contributed by atoms with van der Waals surface area (Å²) < 4.78 is 0. The first-order chi connectivity index (χ1) is 10.1. The van der Waals surface area contributed by atoms with Crippen LogP contribution < -0.4 is 16.4 Å². The first kappa shape index (κ1) is 17.2. The summed E-state index contributed by atoms with van der Waals surface area (Å²) in [5.74, 6) is -0.101. The van der Waals surface area contributed by atoms with Crippen molar-refractivity contribution in [3.8, 4) is 0 Å². The van der Waals surface area contributed by atoms with Gasteiger partial charge in [-0.05, 0) is 44.0 Å². The molecule has 1 aromatic rings. The zero-order valence-electron chi connectivity index (χ0n) is 12.8. The van der Waals surface area contributed by atoms with Crippen LogP contribution in [-0.2, 0) is 11.3 Å². The van der Waals surface area contributed by atoms with Crippen molar-refractivity contribution < 1.29 is 9.59 Å². The molecule has 5 heteroatoms. The average molecular weight is 291 g/mol. The number of rotatable bonds is 8. The Morgan fingerprint density at radius 2 is 2.10 bits per heavy atom. The lowest BCUT2D eigenvalue weighted by Crippen LogP contribution is -2.32. The molecule has 0 aliphatic carbocycles. The quantitative estimate of drug-likeness (QED) is 0.679. The number of nitrogens with two attached hydrogens (primary N) is 1. The van der Waals surface area contributed by atoms with Gasteiger partial charge < -0.3 is 16.4 Å². The summed E-state index contributed by atoms with van der Waals surface area (Å²) in [4.78, 5) is 23.6. The summed E-state index contributed by atoms with van der Waals surface area (Å²) in [5, 5.41) is 5.75. The van der Waals surface area contributed by atoms with Gasteiger partial charge in [-0.2, -0.15) is 0 Å². The maximum atomic E-state index is 12.0. The van der Waals surface area contributed by atoms with E-state index in [0.29, 0.717) is 31.5 Å². The predicted octanol–water partition coefficient (Wildman–Crippen LogP) is 1.57. The van der Waals surface area contributed by atoms with E-state index in [4.69, 9.17) is 5.73 Å². The highest BCUT2D eigenvalue weighted by Gasteiger charge is 2.09. The second kappa shape index (κ2) is 9.13. The van der Waals surface area contributed by atoms with Crippen molar-refractivity contribution in [1.82, 2.24) is 10.6 Å². The third-order valence-electron chi connectivity index (χ3n) is 3.28. The Labute approximate surface area is 126 Å². The molecule has 1 rings (SSSR count). The molecular formula is C16H25N3O2. The molecule has 2 amide bonds. The third-order valence-corrected chi connectivity index (χ3v) is 3.28. The van der Waals surface area contributed by atoms with Gasteiger partial charge in [0.2, 0.25) is 5.91 Å². The molecule has 0 aliphatic heterocycles. The van der Waals surface area contributed by atoms with Crippen LogP contribution in [0.2, 0.25) is 0 Å². The first-order valence-electron chi connectivity index (χ1n) is 7.43. The van der Waals surface area contributed by atoms with E-state index in [1.165, 1.54) is 0 Å². The highest BCUT2D eigenvalue weighted by molar-refractivity contribution is 5.94. The van der Waals surface area contributed by atoms with Crippen molar-refractivity contribution in [2.45, 2.75) is 45.7 Å². The fourth-order valence-corrected chi connectivity index (χ4v) is 1.78. The molecule has 0 spiro atoms. The highest BCUT2D eigenvalue weighted by atomic mass is 16.2. The van der Waals surface area contributed by atoms with Crippen LogP contribution in [0.1, 0.15) is 49.0 Å². The lowest BCUT2D eigenvalue weighted by Gasteiger charge is -2.12. The van der Waals surface area contributed by atoms with Crippen LogP contribution in [0.15, 0.2) is 24.3 Å². The molecule has 0 aromatic heterocycles. The monoisotopic (exact) mass is 291 g/mol. The predicted molar refractivity (Wildman–Crippen MR) is 83.8 cm³/mol. The Morgan fingerprint density at radius 3 is 2.76 bits per heavy atom. The molecule has 1 unspecified atom stereocenters. The van der Waals surface area contributed by atoms with E-state index in [-0.39, 0.29) is 17.9 Å². The molecule has 0 heterocycles. The normalized spacial score (nSPS) is 11.8. The van der Waals surface area contributed by atoms with E-state index in [1.807, 2.05) is 26.0 Å². The summed E-state index contributed by atoms with van der Waals surface area (Å²) in [7, 11) is 0. The van der Waals surface area contributed by atoms with E-state index >= 15 is 0 Å². The highest BCUT2D eigenvalue weighted by Crippen LogP contribution is 2.06. The van der Waals surface area contributed by atoms with Gasteiger partial charge in [0.05, 0.1) is 0 Å². The van der Waals surface area contributed by atoms with Gasteiger partial charge in [-0.1, -0.05) is 19.1 Å². The topological polar surface area (TPSA) is 84.2 Å². The molecule has 1 aromatic carbocycles. The maximum Gasteiger partial charge on any atom is 0.251 e. The Bertz CT molecular complexity index is 474. The SMILES string of the molecule is CCC(C)NC(=O)c1cccc(CNC(=O)CCCN)c1. The minimum Gasteiger partial charge on any atom is -0.352 e. The first-order valence-corrected chi connectivity index (χ1v) is 7.43. The Morgan fingerprint density at radius 1 is 1.33 bits per heavy atom. The maximum absolute atomic E-state index is 12.0. The number of carbonyl (C=O) groups is 2. The van der Waals surface area contributed by atoms with Crippen LogP contribution in [0.25, 0.3) is 0 Å². The lowest BCUT2D eigenvalue weighted by molar-refractivity contribution is -0.121. The Hall–Kier alpha value is -1.88. The van der Waals surface area contributed by atoms with Gasteiger partial charge in [0.1, 0.15) is 0 Å². The molecule has 21 heavy (non-hydrogen) atoms. The summed E-state index contributed by atoms with van der Waals surface area (Å²) in [6.07, 6.45) is 2.01. The number of amides is 2. The van der Waals surface area contributed by atoms with Crippen LogP contribution in [0, 0.1) is 0 Å². The van der Waals surface area contributed by atoms with Crippen molar-refractivity contribution in [1.29, 1.82) is 0 Å². The number of benzene rings is 1. The number of carbonyl (C=O) groups excluding carboxylic acids is 2. The fraction of sp³-hybridized carbons (Fsp3) is 0.500. The zero-order chi connectivity index (χ0) is 15.7. The van der Waals surface area contributed by atoms with Gasteiger partial charge in [-0.3, -0.25) is 9.59 Å². The minimum atomic E-state index is -0.0827. The van der Waals surface area contributed by atoms with Gasteiger partial charge in [-0.25, -0.2) is 0 Å². The lowest BCUT2D eigenvalue weighted by atomic mass is 10.1. The molecule has 0 bridgehead atoms.